The molecule has 0 heterocycles. The molecular weight excluding hydrogens is 238 g/mol. The third-order valence-electron chi connectivity index (χ3n) is 4.01. The van der Waals surface area contributed by atoms with E-state index in [2.05, 4.69) is 37.4 Å². The minimum Gasteiger partial charge on any atom is -0.497 e. The van der Waals surface area contributed by atoms with Crippen molar-refractivity contribution >= 4 is 0 Å². The van der Waals surface area contributed by atoms with E-state index >= 15 is 0 Å². The lowest BCUT2D eigenvalue weighted by Gasteiger charge is -2.30. The fourth-order valence-electron chi connectivity index (χ4n) is 2.50. The van der Waals surface area contributed by atoms with Crippen LogP contribution >= 0.6 is 0 Å². The van der Waals surface area contributed by atoms with Crippen LogP contribution in [0.3, 0.4) is 0 Å². The molecule has 1 aromatic carbocycles. The normalized spacial score (nSPS) is 19.1. The number of rotatable bonds is 5. The summed E-state index contributed by atoms with van der Waals surface area (Å²) >= 11 is 0. The monoisotopic (exact) mass is 263 g/mol. The minimum absolute atomic E-state index is 0.103. The molecular formula is C16H25NO2. The lowest BCUT2D eigenvalue weighted by atomic mass is 9.88. The maximum absolute atomic E-state index is 5.45. The molecule has 3 heteroatoms. The summed E-state index contributed by atoms with van der Waals surface area (Å²) < 4.78 is 10.8. The minimum atomic E-state index is -0.103. The molecule has 1 unspecified atom stereocenters. The van der Waals surface area contributed by atoms with E-state index in [1.54, 1.807) is 14.2 Å². The number of methoxy groups -OCH3 is 2. The second-order valence-electron chi connectivity index (χ2n) is 5.92. The smallest absolute Gasteiger partial charge is 0.119 e. The van der Waals surface area contributed by atoms with Gasteiger partial charge in [0, 0.05) is 19.7 Å². The van der Waals surface area contributed by atoms with Gasteiger partial charge in [-0.3, -0.25) is 0 Å². The quantitative estimate of drug-likeness (QED) is 0.885. The van der Waals surface area contributed by atoms with Crippen molar-refractivity contribution in [1.82, 2.24) is 5.32 Å². The van der Waals surface area contributed by atoms with Gasteiger partial charge in [-0.25, -0.2) is 0 Å². The first-order chi connectivity index (χ1) is 9.04. The SMILES string of the molecule is COc1ccc2c(c1)CC(NCC(C)(C)OC)CC2. The van der Waals surface area contributed by atoms with Crippen molar-refractivity contribution in [2.45, 2.75) is 44.8 Å². The molecule has 0 amide bonds. The topological polar surface area (TPSA) is 30.5 Å². The number of fused-ring (bicyclic) bond motifs is 1. The van der Waals surface area contributed by atoms with Gasteiger partial charge >= 0.3 is 0 Å². The maximum atomic E-state index is 5.45. The highest BCUT2D eigenvalue weighted by Gasteiger charge is 2.22. The molecule has 1 atom stereocenters. The predicted octanol–water partition coefficient (Wildman–Crippen LogP) is 2.57. The molecule has 1 aliphatic carbocycles. The van der Waals surface area contributed by atoms with E-state index < -0.39 is 0 Å². The van der Waals surface area contributed by atoms with E-state index in [9.17, 15) is 0 Å². The summed E-state index contributed by atoms with van der Waals surface area (Å²) in [5, 5.41) is 3.63. The van der Waals surface area contributed by atoms with Crippen molar-refractivity contribution in [2.24, 2.45) is 0 Å². The van der Waals surface area contributed by atoms with Crippen LogP contribution in [0.15, 0.2) is 18.2 Å². The highest BCUT2D eigenvalue weighted by atomic mass is 16.5. The Balaban J connectivity index is 1.97. The van der Waals surface area contributed by atoms with E-state index in [-0.39, 0.29) is 5.60 Å². The van der Waals surface area contributed by atoms with Gasteiger partial charge in [-0.2, -0.15) is 0 Å². The Kier molecular flexibility index (Phi) is 4.48. The molecule has 106 valence electrons. The molecule has 2 rings (SSSR count). The second-order valence-corrected chi connectivity index (χ2v) is 5.92. The molecule has 1 N–H and O–H groups in total. The van der Waals surface area contributed by atoms with Crippen molar-refractivity contribution < 1.29 is 9.47 Å². The average Bonchev–Trinajstić information content (AvgIpc) is 2.44. The van der Waals surface area contributed by atoms with Crippen LogP contribution in [0.1, 0.15) is 31.4 Å². The second kappa shape index (κ2) is 5.93. The van der Waals surface area contributed by atoms with Crippen LogP contribution in [0.2, 0.25) is 0 Å². The summed E-state index contributed by atoms with van der Waals surface area (Å²) in [5.41, 5.74) is 2.78. The molecule has 0 bridgehead atoms. The summed E-state index contributed by atoms with van der Waals surface area (Å²) in [5.74, 6) is 0.955. The van der Waals surface area contributed by atoms with Gasteiger partial charge in [-0.05, 0) is 56.4 Å². The van der Waals surface area contributed by atoms with Gasteiger partial charge in [0.25, 0.3) is 0 Å². The zero-order valence-electron chi connectivity index (χ0n) is 12.5. The first kappa shape index (κ1) is 14.4. The molecule has 0 saturated heterocycles. The largest absolute Gasteiger partial charge is 0.497 e. The van der Waals surface area contributed by atoms with E-state index in [1.807, 2.05) is 0 Å². The fourth-order valence-corrected chi connectivity index (χ4v) is 2.50. The highest BCUT2D eigenvalue weighted by Crippen LogP contribution is 2.25. The van der Waals surface area contributed by atoms with Gasteiger partial charge in [-0.1, -0.05) is 6.07 Å². The van der Waals surface area contributed by atoms with Gasteiger partial charge in [0.15, 0.2) is 0 Å². The van der Waals surface area contributed by atoms with Gasteiger partial charge < -0.3 is 14.8 Å². The van der Waals surface area contributed by atoms with Gasteiger partial charge in [0.05, 0.1) is 12.7 Å². The molecule has 0 fully saturated rings. The Bertz CT molecular complexity index is 429. The number of ether oxygens (including phenoxy) is 2. The zero-order chi connectivity index (χ0) is 13.9. The van der Waals surface area contributed by atoms with E-state index in [4.69, 9.17) is 9.47 Å². The predicted molar refractivity (Wildman–Crippen MR) is 77.9 cm³/mol. The van der Waals surface area contributed by atoms with Crippen molar-refractivity contribution in [3.63, 3.8) is 0 Å². The molecule has 3 nitrogen and oxygen atoms in total. The highest BCUT2D eigenvalue weighted by molar-refractivity contribution is 5.37. The van der Waals surface area contributed by atoms with Crippen LogP contribution in [0.5, 0.6) is 5.75 Å². The molecule has 0 aliphatic heterocycles. The molecule has 0 saturated carbocycles. The zero-order valence-corrected chi connectivity index (χ0v) is 12.5. The van der Waals surface area contributed by atoms with Gasteiger partial charge in [-0.15, -0.1) is 0 Å². The van der Waals surface area contributed by atoms with Crippen LogP contribution in [0.4, 0.5) is 0 Å². The summed E-state index contributed by atoms with van der Waals surface area (Å²) in [7, 11) is 3.49. The summed E-state index contributed by atoms with van der Waals surface area (Å²) in [6.45, 7) is 5.10. The van der Waals surface area contributed by atoms with Crippen molar-refractivity contribution in [2.75, 3.05) is 20.8 Å². The van der Waals surface area contributed by atoms with E-state index in [1.165, 1.54) is 17.5 Å². The third-order valence-corrected chi connectivity index (χ3v) is 4.01. The summed E-state index contributed by atoms with van der Waals surface area (Å²) in [6, 6.07) is 6.96. The fraction of sp³-hybridized carbons (Fsp3) is 0.625. The van der Waals surface area contributed by atoms with Crippen molar-refractivity contribution in [3.8, 4) is 5.75 Å². The number of hydrogen-bond acceptors (Lipinski definition) is 3. The van der Waals surface area contributed by atoms with Crippen molar-refractivity contribution in [3.05, 3.63) is 29.3 Å². The number of nitrogens with one attached hydrogen (secondary N) is 1. The van der Waals surface area contributed by atoms with Crippen LogP contribution in [0.25, 0.3) is 0 Å². The number of hydrogen-bond donors (Lipinski definition) is 1. The molecule has 0 radical (unpaired) electrons. The van der Waals surface area contributed by atoms with E-state index in [0.717, 1.165) is 25.1 Å². The van der Waals surface area contributed by atoms with Gasteiger partial charge in [0.2, 0.25) is 0 Å². The Hall–Kier alpha value is -1.06. The first-order valence-electron chi connectivity index (χ1n) is 6.98. The summed E-state index contributed by atoms with van der Waals surface area (Å²) in [4.78, 5) is 0. The van der Waals surface area contributed by atoms with Crippen molar-refractivity contribution in [1.29, 1.82) is 0 Å². The first-order valence-corrected chi connectivity index (χ1v) is 6.98. The van der Waals surface area contributed by atoms with Crippen LogP contribution < -0.4 is 10.1 Å². The Labute approximate surface area is 116 Å². The molecule has 0 spiro atoms. The third kappa shape index (κ3) is 3.71. The molecule has 19 heavy (non-hydrogen) atoms. The Morgan fingerprint density at radius 2 is 2.05 bits per heavy atom. The number of aryl methyl sites for hydroxylation is 1. The molecule has 0 aromatic heterocycles. The standard InChI is InChI=1S/C16H25NO2/c1-16(2,19-4)11-17-14-7-5-12-6-8-15(18-3)10-13(12)9-14/h6,8,10,14,17H,5,7,9,11H2,1-4H3. The average molecular weight is 263 g/mol. The van der Waals surface area contributed by atoms with Crippen LogP contribution in [-0.2, 0) is 17.6 Å². The van der Waals surface area contributed by atoms with Crippen LogP contribution in [-0.4, -0.2) is 32.4 Å². The van der Waals surface area contributed by atoms with Crippen LogP contribution in [0, 0.1) is 0 Å². The Morgan fingerprint density at radius 1 is 1.26 bits per heavy atom. The lowest BCUT2D eigenvalue weighted by molar-refractivity contribution is 0.0207. The Morgan fingerprint density at radius 3 is 2.74 bits per heavy atom. The molecule has 1 aromatic rings. The molecule has 1 aliphatic rings. The summed E-state index contributed by atoms with van der Waals surface area (Å²) in [6.07, 6.45) is 3.41. The maximum Gasteiger partial charge on any atom is 0.119 e. The lowest BCUT2D eigenvalue weighted by Crippen LogP contribution is -2.44. The van der Waals surface area contributed by atoms with Gasteiger partial charge in [0.1, 0.15) is 5.75 Å². The number of benzene rings is 1. The van der Waals surface area contributed by atoms with E-state index in [0.29, 0.717) is 6.04 Å².